The van der Waals surface area contributed by atoms with E-state index in [0.29, 0.717) is 12.1 Å². The van der Waals surface area contributed by atoms with Crippen molar-refractivity contribution >= 4 is 44.4 Å². The highest BCUT2D eigenvalue weighted by Gasteiger charge is 2.14. The first-order valence-corrected chi connectivity index (χ1v) is 8.22. The van der Waals surface area contributed by atoms with Crippen molar-refractivity contribution in [2.24, 2.45) is 0 Å². The van der Waals surface area contributed by atoms with Crippen LogP contribution >= 0.6 is 38.5 Å². The summed E-state index contributed by atoms with van der Waals surface area (Å²) >= 11 is 5.65. The number of benzene rings is 2. The van der Waals surface area contributed by atoms with Gasteiger partial charge in [0, 0.05) is 32.8 Å². The summed E-state index contributed by atoms with van der Waals surface area (Å²) in [5.41, 5.74) is 1.66. The summed E-state index contributed by atoms with van der Waals surface area (Å²) in [6.07, 6.45) is 0. The summed E-state index contributed by atoms with van der Waals surface area (Å²) in [4.78, 5) is 14.1. The predicted molar refractivity (Wildman–Crippen MR) is 95.7 cm³/mol. The predicted octanol–water partition coefficient (Wildman–Crippen LogP) is 4.33. The van der Waals surface area contributed by atoms with Crippen LogP contribution in [0.3, 0.4) is 0 Å². The molecule has 1 amide bonds. The maximum atomic E-state index is 12.5. The number of hydrogen-bond donors (Lipinski definition) is 0. The van der Waals surface area contributed by atoms with Crippen molar-refractivity contribution < 1.29 is 9.53 Å². The van der Waals surface area contributed by atoms with Crippen LogP contribution in [0.4, 0.5) is 0 Å². The van der Waals surface area contributed by atoms with Crippen molar-refractivity contribution in [3.63, 3.8) is 0 Å². The molecule has 0 aliphatic heterocycles. The van der Waals surface area contributed by atoms with Gasteiger partial charge in [0.05, 0.1) is 7.11 Å². The molecule has 21 heavy (non-hydrogen) atoms. The minimum Gasteiger partial charge on any atom is -0.496 e. The molecule has 0 aromatic heterocycles. The Labute approximate surface area is 146 Å². The molecule has 110 valence electrons. The van der Waals surface area contributed by atoms with Crippen molar-refractivity contribution in [2.45, 2.75) is 6.54 Å². The molecule has 0 saturated heterocycles. The van der Waals surface area contributed by atoms with E-state index in [1.807, 2.05) is 42.5 Å². The van der Waals surface area contributed by atoms with Gasteiger partial charge in [-0.2, -0.15) is 0 Å². The normalized spacial score (nSPS) is 10.3. The Morgan fingerprint density at radius 3 is 2.71 bits per heavy atom. The molecule has 0 heterocycles. The standard InChI is InChI=1S/C16H15BrINO2/c1-19(16(20)11-4-3-5-14(18)9-11)10-12-8-13(17)6-7-15(12)21-2/h3-9H,10H2,1-2H3. The van der Waals surface area contributed by atoms with Crippen LogP contribution in [0, 0.1) is 3.57 Å². The molecule has 0 saturated carbocycles. The van der Waals surface area contributed by atoms with E-state index in [9.17, 15) is 4.79 Å². The van der Waals surface area contributed by atoms with Gasteiger partial charge in [-0.3, -0.25) is 4.79 Å². The van der Waals surface area contributed by atoms with Crippen LogP contribution in [0.25, 0.3) is 0 Å². The number of ether oxygens (including phenoxy) is 1. The van der Waals surface area contributed by atoms with Crippen LogP contribution in [-0.2, 0) is 6.54 Å². The second-order valence-electron chi connectivity index (χ2n) is 4.63. The molecule has 0 atom stereocenters. The molecule has 0 aliphatic rings. The van der Waals surface area contributed by atoms with Crippen LogP contribution in [0.15, 0.2) is 46.9 Å². The van der Waals surface area contributed by atoms with E-state index in [0.717, 1.165) is 19.4 Å². The van der Waals surface area contributed by atoms with E-state index >= 15 is 0 Å². The fraction of sp³-hybridized carbons (Fsp3) is 0.188. The topological polar surface area (TPSA) is 29.5 Å². The van der Waals surface area contributed by atoms with Gasteiger partial charge in [-0.05, 0) is 59.0 Å². The third-order valence-corrected chi connectivity index (χ3v) is 4.23. The lowest BCUT2D eigenvalue weighted by Gasteiger charge is -2.19. The maximum Gasteiger partial charge on any atom is 0.253 e. The molecule has 0 fully saturated rings. The summed E-state index contributed by atoms with van der Waals surface area (Å²) in [5, 5.41) is 0. The number of nitrogens with zero attached hydrogens (tertiary/aromatic N) is 1. The van der Waals surface area contributed by atoms with Crippen LogP contribution in [0.1, 0.15) is 15.9 Å². The Morgan fingerprint density at radius 1 is 1.29 bits per heavy atom. The molecule has 0 bridgehead atoms. The molecule has 0 spiro atoms. The first-order valence-electron chi connectivity index (χ1n) is 6.34. The first-order chi connectivity index (χ1) is 10.0. The number of rotatable bonds is 4. The van der Waals surface area contributed by atoms with Gasteiger partial charge in [-0.15, -0.1) is 0 Å². The van der Waals surface area contributed by atoms with E-state index in [-0.39, 0.29) is 5.91 Å². The quantitative estimate of drug-likeness (QED) is 0.636. The zero-order valence-corrected chi connectivity index (χ0v) is 15.5. The number of methoxy groups -OCH3 is 1. The van der Waals surface area contributed by atoms with Crippen LogP contribution in [0.5, 0.6) is 5.75 Å². The number of hydrogen-bond acceptors (Lipinski definition) is 2. The fourth-order valence-corrected chi connectivity index (χ4v) is 2.99. The lowest BCUT2D eigenvalue weighted by atomic mass is 10.1. The molecule has 5 heteroatoms. The van der Waals surface area contributed by atoms with Gasteiger partial charge in [0.2, 0.25) is 0 Å². The average Bonchev–Trinajstić information content (AvgIpc) is 2.46. The first kappa shape index (κ1) is 16.3. The van der Waals surface area contributed by atoms with Gasteiger partial charge < -0.3 is 9.64 Å². The van der Waals surface area contributed by atoms with Gasteiger partial charge in [-0.1, -0.05) is 22.0 Å². The zero-order valence-electron chi connectivity index (χ0n) is 11.8. The van der Waals surface area contributed by atoms with Crippen LogP contribution in [0.2, 0.25) is 0 Å². The highest BCUT2D eigenvalue weighted by atomic mass is 127. The van der Waals surface area contributed by atoms with E-state index in [4.69, 9.17) is 4.74 Å². The van der Waals surface area contributed by atoms with Gasteiger partial charge >= 0.3 is 0 Å². The molecular weight excluding hydrogens is 445 g/mol. The molecule has 0 aliphatic carbocycles. The van der Waals surface area contributed by atoms with Crippen LogP contribution in [-0.4, -0.2) is 25.0 Å². The van der Waals surface area contributed by atoms with E-state index in [1.165, 1.54) is 0 Å². The lowest BCUT2D eigenvalue weighted by molar-refractivity contribution is 0.0784. The van der Waals surface area contributed by atoms with Crippen molar-refractivity contribution in [3.05, 3.63) is 61.6 Å². The summed E-state index contributed by atoms with van der Waals surface area (Å²) < 4.78 is 7.36. The van der Waals surface area contributed by atoms with E-state index in [1.54, 1.807) is 19.1 Å². The Kier molecular flexibility index (Phi) is 5.64. The van der Waals surface area contributed by atoms with Crippen molar-refractivity contribution in [1.29, 1.82) is 0 Å². The van der Waals surface area contributed by atoms with Crippen molar-refractivity contribution in [2.75, 3.05) is 14.2 Å². The molecular formula is C16H15BrINO2. The zero-order chi connectivity index (χ0) is 15.4. The Balaban J connectivity index is 2.19. The van der Waals surface area contributed by atoms with Gasteiger partial charge in [-0.25, -0.2) is 0 Å². The molecule has 2 rings (SSSR count). The SMILES string of the molecule is COc1ccc(Br)cc1CN(C)C(=O)c1cccc(I)c1. The number of halogens is 2. The molecule has 0 N–H and O–H groups in total. The van der Waals surface area contributed by atoms with Crippen molar-refractivity contribution in [3.8, 4) is 5.75 Å². The number of carbonyl (C=O) groups is 1. The summed E-state index contributed by atoms with van der Waals surface area (Å²) in [7, 11) is 3.43. The van der Waals surface area contributed by atoms with E-state index < -0.39 is 0 Å². The molecule has 0 unspecified atom stereocenters. The summed E-state index contributed by atoms with van der Waals surface area (Å²) in [5.74, 6) is 0.774. The highest BCUT2D eigenvalue weighted by Crippen LogP contribution is 2.24. The fourth-order valence-electron chi connectivity index (χ4n) is 2.04. The summed E-state index contributed by atoms with van der Waals surface area (Å²) in [6, 6.07) is 13.4. The Bertz CT molecular complexity index is 660. The molecule has 2 aromatic rings. The van der Waals surface area contributed by atoms with Gasteiger partial charge in [0.1, 0.15) is 5.75 Å². The molecule has 2 aromatic carbocycles. The third-order valence-electron chi connectivity index (χ3n) is 3.07. The second kappa shape index (κ2) is 7.26. The van der Waals surface area contributed by atoms with Crippen molar-refractivity contribution in [1.82, 2.24) is 4.90 Å². The van der Waals surface area contributed by atoms with Gasteiger partial charge in [0.15, 0.2) is 0 Å². The van der Waals surface area contributed by atoms with Crippen LogP contribution < -0.4 is 4.74 Å². The highest BCUT2D eigenvalue weighted by molar-refractivity contribution is 14.1. The monoisotopic (exact) mass is 459 g/mol. The number of amides is 1. The van der Waals surface area contributed by atoms with E-state index in [2.05, 4.69) is 38.5 Å². The molecule has 0 radical (unpaired) electrons. The minimum atomic E-state index is -0.00413. The van der Waals surface area contributed by atoms with Gasteiger partial charge in [0.25, 0.3) is 5.91 Å². The Hall–Kier alpha value is -1.08. The largest absolute Gasteiger partial charge is 0.496 e. The Morgan fingerprint density at radius 2 is 2.05 bits per heavy atom. The average molecular weight is 460 g/mol. The lowest BCUT2D eigenvalue weighted by Crippen LogP contribution is -2.26. The second-order valence-corrected chi connectivity index (χ2v) is 6.79. The third kappa shape index (κ3) is 4.20. The smallest absolute Gasteiger partial charge is 0.253 e. The number of carbonyl (C=O) groups excluding carboxylic acids is 1. The minimum absolute atomic E-state index is 0.00413. The summed E-state index contributed by atoms with van der Waals surface area (Å²) in [6.45, 7) is 0.493. The molecule has 3 nitrogen and oxygen atoms in total. The maximum absolute atomic E-state index is 12.5.